The molecule has 0 unspecified atom stereocenters. The molecule has 0 fully saturated rings. The van der Waals surface area contributed by atoms with Crippen LogP contribution in [0.3, 0.4) is 0 Å². The molecule has 152 valence electrons. The number of hydrogen-bond donors (Lipinski definition) is 0. The molecule has 0 radical (unpaired) electrons. The molecule has 2 heterocycles. The Kier molecular flexibility index (Phi) is 6.80. The molecule has 9 heteroatoms. The fraction of sp³-hybridized carbons (Fsp3) is 0.0952. The Balaban J connectivity index is 1.56. The van der Waals surface area contributed by atoms with Gasteiger partial charge in [0.05, 0.1) is 15.7 Å². The number of rotatable bonds is 7. The van der Waals surface area contributed by atoms with Crippen molar-refractivity contribution in [3.8, 4) is 22.0 Å². The third-order valence-corrected chi connectivity index (χ3v) is 7.01. The molecule has 0 saturated carbocycles. The van der Waals surface area contributed by atoms with Gasteiger partial charge >= 0.3 is 0 Å². The SMILES string of the molecule is C=CCn1c(SCc2csc(-c3ccccc3Cl)n2)nnc1-c1ccc(Cl)cc1Cl. The number of aromatic nitrogens is 4. The Hall–Kier alpha value is -1.83. The van der Waals surface area contributed by atoms with E-state index in [9.17, 15) is 0 Å². The molecule has 0 aliphatic heterocycles. The van der Waals surface area contributed by atoms with Gasteiger partial charge in [-0.05, 0) is 24.3 Å². The van der Waals surface area contributed by atoms with E-state index in [2.05, 4.69) is 16.8 Å². The van der Waals surface area contributed by atoms with Gasteiger partial charge in [0.2, 0.25) is 0 Å². The number of halogens is 3. The van der Waals surface area contributed by atoms with Gasteiger partial charge in [0.1, 0.15) is 5.01 Å². The van der Waals surface area contributed by atoms with Gasteiger partial charge in [-0.25, -0.2) is 4.98 Å². The Bertz CT molecular complexity index is 1200. The summed E-state index contributed by atoms with van der Waals surface area (Å²) in [6, 6.07) is 13.0. The molecule has 4 aromatic rings. The van der Waals surface area contributed by atoms with Crippen molar-refractivity contribution in [2.24, 2.45) is 0 Å². The van der Waals surface area contributed by atoms with Crippen LogP contribution in [-0.4, -0.2) is 19.7 Å². The van der Waals surface area contributed by atoms with Gasteiger partial charge in [-0.3, -0.25) is 4.57 Å². The minimum atomic E-state index is 0.528. The smallest absolute Gasteiger partial charge is 0.192 e. The zero-order chi connectivity index (χ0) is 21.1. The lowest BCUT2D eigenvalue weighted by Gasteiger charge is -2.08. The van der Waals surface area contributed by atoms with E-state index in [0.29, 0.717) is 33.2 Å². The Morgan fingerprint density at radius 2 is 1.87 bits per heavy atom. The van der Waals surface area contributed by atoms with Gasteiger partial charge in [-0.2, -0.15) is 0 Å². The molecule has 2 aromatic carbocycles. The summed E-state index contributed by atoms with van der Waals surface area (Å²) in [6.07, 6.45) is 1.80. The molecule has 0 aliphatic carbocycles. The van der Waals surface area contributed by atoms with E-state index in [1.165, 1.54) is 0 Å². The molecule has 0 spiro atoms. The maximum Gasteiger partial charge on any atom is 0.192 e. The molecule has 0 atom stereocenters. The lowest BCUT2D eigenvalue weighted by atomic mass is 10.2. The molecule has 0 bridgehead atoms. The Labute approximate surface area is 197 Å². The second-order valence-corrected chi connectivity index (χ2v) is 9.29. The third kappa shape index (κ3) is 4.58. The molecule has 0 N–H and O–H groups in total. The second-order valence-electron chi connectivity index (χ2n) is 6.24. The first-order valence-corrected chi connectivity index (χ1v) is 11.9. The predicted octanol–water partition coefficient (Wildman–Crippen LogP) is 7.51. The molecular formula is C21H15Cl3N4S2. The summed E-state index contributed by atoms with van der Waals surface area (Å²) < 4.78 is 1.98. The highest BCUT2D eigenvalue weighted by atomic mass is 35.5. The van der Waals surface area contributed by atoms with Crippen molar-refractivity contribution >= 4 is 57.9 Å². The largest absolute Gasteiger partial charge is 0.298 e. The van der Waals surface area contributed by atoms with Gasteiger partial charge in [0.15, 0.2) is 11.0 Å². The molecule has 4 rings (SSSR count). The van der Waals surface area contributed by atoms with Crippen LogP contribution >= 0.6 is 57.9 Å². The van der Waals surface area contributed by atoms with E-state index >= 15 is 0 Å². The highest BCUT2D eigenvalue weighted by molar-refractivity contribution is 7.98. The predicted molar refractivity (Wildman–Crippen MR) is 128 cm³/mol. The van der Waals surface area contributed by atoms with Crippen LogP contribution in [0.25, 0.3) is 22.0 Å². The van der Waals surface area contributed by atoms with Crippen molar-refractivity contribution in [1.82, 2.24) is 19.7 Å². The average Bonchev–Trinajstić information content (AvgIpc) is 3.35. The third-order valence-electron chi connectivity index (χ3n) is 4.21. The molecule has 0 saturated heterocycles. The van der Waals surface area contributed by atoms with E-state index in [1.807, 2.05) is 40.3 Å². The first kappa shape index (κ1) is 21.4. The highest BCUT2D eigenvalue weighted by Gasteiger charge is 2.17. The summed E-state index contributed by atoms with van der Waals surface area (Å²) in [6.45, 7) is 4.41. The molecule has 4 nitrogen and oxygen atoms in total. The van der Waals surface area contributed by atoms with Crippen molar-refractivity contribution in [3.63, 3.8) is 0 Å². The molecule has 0 aliphatic rings. The van der Waals surface area contributed by atoms with Gasteiger partial charge in [-0.1, -0.05) is 70.8 Å². The Morgan fingerprint density at radius 3 is 2.63 bits per heavy atom. The van der Waals surface area contributed by atoms with Crippen LogP contribution in [0.1, 0.15) is 5.69 Å². The number of thioether (sulfide) groups is 1. The number of thiazole rings is 1. The first-order chi connectivity index (χ1) is 14.6. The van der Waals surface area contributed by atoms with Gasteiger partial charge in [-0.15, -0.1) is 28.1 Å². The van der Waals surface area contributed by atoms with Crippen molar-refractivity contribution < 1.29 is 0 Å². The number of allylic oxidation sites excluding steroid dienone is 1. The van der Waals surface area contributed by atoms with Crippen LogP contribution in [0.15, 0.2) is 65.7 Å². The van der Waals surface area contributed by atoms with Crippen LogP contribution in [0.4, 0.5) is 0 Å². The van der Waals surface area contributed by atoms with Crippen molar-refractivity contribution in [3.05, 3.63) is 81.3 Å². The van der Waals surface area contributed by atoms with Crippen molar-refractivity contribution in [1.29, 1.82) is 0 Å². The summed E-state index contributed by atoms with van der Waals surface area (Å²) >= 11 is 21.8. The van der Waals surface area contributed by atoms with E-state index in [4.69, 9.17) is 39.8 Å². The first-order valence-electron chi connectivity index (χ1n) is 8.88. The molecule has 0 amide bonds. The van der Waals surface area contributed by atoms with Crippen LogP contribution in [0.2, 0.25) is 15.1 Å². The van der Waals surface area contributed by atoms with Crippen LogP contribution in [-0.2, 0) is 12.3 Å². The minimum absolute atomic E-state index is 0.528. The zero-order valence-corrected chi connectivity index (χ0v) is 19.5. The average molecular weight is 494 g/mol. The molecule has 30 heavy (non-hydrogen) atoms. The quantitative estimate of drug-likeness (QED) is 0.197. The summed E-state index contributed by atoms with van der Waals surface area (Å²) in [4.78, 5) is 4.72. The zero-order valence-electron chi connectivity index (χ0n) is 15.6. The van der Waals surface area contributed by atoms with Crippen LogP contribution < -0.4 is 0 Å². The highest BCUT2D eigenvalue weighted by Crippen LogP contribution is 2.34. The summed E-state index contributed by atoms with van der Waals surface area (Å²) in [5, 5.41) is 14.2. The fourth-order valence-corrected chi connectivity index (χ4v) is 5.41. The van der Waals surface area contributed by atoms with E-state index in [1.54, 1.807) is 41.3 Å². The summed E-state index contributed by atoms with van der Waals surface area (Å²) in [5.74, 6) is 1.33. The minimum Gasteiger partial charge on any atom is -0.298 e. The van der Waals surface area contributed by atoms with Crippen molar-refractivity contribution in [2.45, 2.75) is 17.5 Å². The topological polar surface area (TPSA) is 43.6 Å². The summed E-state index contributed by atoms with van der Waals surface area (Å²) in [7, 11) is 0. The van der Waals surface area contributed by atoms with E-state index in [0.717, 1.165) is 27.0 Å². The van der Waals surface area contributed by atoms with Crippen LogP contribution in [0, 0.1) is 0 Å². The standard InChI is InChI=1S/C21H15Cl3N4S2/c1-2-9-28-19(15-8-7-13(22)10-18(15)24)26-27-21(28)30-12-14-11-29-20(25-14)16-5-3-4-6-17(16)23/h2-8,10-11H,1,9,12H2. The van der Waals surface area contributed by atoms with Crippen molar-refractivity contribution in [2.75, 3.05) is 0 Å². The Morgan fingerprint density at radius 1 is 1.03 bits per heavy atom. The van der Waals surface area contributed by atoms with E-state index < -0.39 is 0 Å². The monoisotopic (exact) mass is 492 g/mol. The number of nitrogens with zero attached hydrogens (tertiary/aromatic N) is 4. The molecular weight excluding hydrogens is 479 g/mol. The maximum absolute atomic E-state index is 6.37. The summed E-state index contributed by atoms with van der Waals surface area (Å²) in [5.41, 5.74) is 2.67. The fourth-order valence-electron chi connectivity index (χ4n) is 2.83. The lowest BCUT2D eigenvalue weighted by Crippen LogP contribution is -2.01. The van der Waals surface area contributed by atoms with Gasteiger partial charge in [0.25, 0.3) is 0 Å². The second kappa shape index (κ2) is 9.54. The lowest BCUT2D eigenvalue weighted by molar-refractivity contribution is 0.731. The number of benzene rings is 2. The molecule has 2 aromatic heterocycles. The van der Waals surface area contributed by atoms with Gasteiger partial charge in [0, 0.05) is 33.8 Å². The van der Waals surface area contributed by atoms with E-state index in [-0.39, 0.29) is 0 Å². The van der Waals surface area contributed by atoms with Crippen LogP contribution in [0.5, 0.6) is 0 Å². The normalized spacial score (nSPS) is 11.0. The van der Waals surface area contributed by atoms with Gasteiger partial charge < -0.3 is 0 Å². The number of hydrogen-bond acceptors (Lipinski definition) is 5. The maximum atomic E-state index is 6.37.